The average Bonchev–Trinajstić information content (AvgIpc) is 3.93. The summed E-state index contributed by atoms with van der Waals surface area (Å²) in [4.78, 5) is 61.2. The van der Waals surface area contributed by atoms with Gasteiger partial charge in [-0.3, -0.25) is 39.2 Å². The number of hydrogen-bond donors (Lipinski definition) is 4. The first-order valence-electron chi connectivity index (χ1n) is 18.9. The molecule has 16 nitrogen and oxygen atoms in total. The first-order valence-corrected chi connectivity index (χ1v) is 18.9. The van der Waals surface area contributed by atoms with Crippen molar-refractivity contribution in [2.24, 2.45) is 5.73 Å². The van der Waals surface area contributed by atoms with E-state index in [1.165, 1.54) is 0 Å². The highest BCUT2D eigenvalue weighted by atomic mass is 16.2. The fourth-order valence-corrected chi connectivity index (χ4v) is 6.64. The van der Waals surface area contributed by atoms with E-state index in [1.807, 2.05) is 61.1 Å². The smallest absolute Gasteiger partial charge is 0.276 e. The first-order chi connectivity index (χ1) is 27.0. The molecule has 6 rings (SSSR count). The van der Waals surface area contributed by atoms with Gasteiger partial charge in [0.15, 0.2) is 0 Å². The van der Waals surface area contributed by atoms with Gasteiger partial charge in [0.1, 0.15) is 5.69 Å². The Bertz CT molecular complexity index is 2450. The molecule has 0 saturated heterocycles. The van der Waals surface area contributed by atoms with Gasteiger partial charge < -0.3 is 20.2 Å². The predicted molar refractivity (Wildman–Crippen MR) is 215 cm³/mol. The van der Waals surface area contributed by atoms with Gasteiger partial charge in [-0.1, -0.05) is 31.9 Å². The Kier molecular flexibility index (Phi) is 12.1. The van der Waals surface area contributed by atoms with Crippen LogP contribution >= 0.6 is 0 Å². The van der Waals surface area contributed by atoms with Gasteiger partial charge in [0, 0.05) is 49.5 Å². The zero-order valence-electron chi connectivity index (χ0n) is 32.4. The number of nitrogens with zero attached hydrogens (tertiary/aromatic N) is 8. The van der Waals surface area contributed by atoms with Crippen LogP contribution < -0.4 is 21.7 Å². The molecule has 16 heteroatoms. The monoisotopic (exact) mass is 760 g/mol. The third kappa shape index (κ3) is 8.69. The molecule has 0 atom stereocenters. The van der Waals surface area contributed by atoms with Crippen LogP contribution in [0.15, 0.2) is 60.7 Å². The fraction of sp³-hybridized carbons (Fsp3) is 0.350. The maximum Gasteiger partial charge on any atom is 0.276 e. The molecule has 0 radical (unpaired) electrons. The number of aromatic nitrogens is 8. The summed E-state index contributed by atoms with van der Waals surface area (Å²) in [6.07, 6.45) is 6.94. The second-order valence-electron chi connectivity index (χ2n) is 13.6. The molecule has 0 spiro atoms. The van der Waals surface area contributed by atoms with Crippen LogP contribution in [0.4, 0.5) is 11.9 Å². The van der Waals surface area contributed by atoms with Gasteiger partial charge in [-0.2, -0.15) is 10.2 Å². The zero-order valence-corrected chi connectivity index (χ0v) is 32.4. The van der Waals surface area contributed by atoms with E-state index >= 15 is 0 Å². The SMILES string of the molecule is CCCCCNC(=O)c1ccc2c(c1)nc(NC(=O)Cc1cc(C)nn1CC)n2C/C=C/Cn1c(NC(=O)c2cc(C)nn2CC)nc2cc(C(N)=O)ccc21. The molecule has 0 unspecified atom stereocenters. The van der Waals surface area contributed by atoms with Crippen LogP contribution in [0.3, 0.4) is 0 Å². The largest absolute Gasteiger partial charge is 0.366 e. The third-order valence-electron chi connectivity index (χ3n) is 9.39. The molecule has 292 valence electrons. The molecule has 4 heterocycles. The summed E-state index contributed by atoms with van der Waals surface area (Å²) in [6.45, 7) is 12.1. The van der Waals surface area contributed by atoms with E-state index in [0.29, 0.717) is 77.7 Å². The number of hydrogen-bond acceptors (Lipinski definition) is 8. The Morgan fingerprint density at radius 3 is 1.93 bits per heavy atom. The van der Waals surface area contributed by atoms with Crippen LogP contribution in [-0.2, 0) is 37.4 Å². The number of rotatable bonds is 17. The minimum atomic E-state index is -0.587. The number of nitrogens with two attached hydrogens (primary N) is 1. The van der Waals surface area contributed by atoms with Gasteiger partial charge in [0.2, 0.25) is 23.7 Å². The van der Waals surface area contributed by atoms with Crippen molar-refractivity contribution < 1.29 is 19.2 Å². The summed E-state index contributed by atoms with van der Waals surface area (Å²) in [5, 5.41) is 17.7. The highest BCUT2D eigenvalue weighted by Gasteiger charge is 2.20. The molecule has 4 aromatic heterocycles. The number of imidazole rings is 2. The van der Waals surface area contributed by atoms with Crippen molar-refractivity contribution in [3.63, 3.8) is 0 Å². The van der Waals surface area contributed by atoms with Gasteiger partial charge in [0.05, 0.1) is 39.9 Å². The number of carbonyl (C=O) groups is 4. The van der Waals surface area contributed by atoms with E-state index in [0.717, 1.165) is 36.2 Å². The van der Waals surface area contributed by atoms with E-state index in [1.54, 1.807) is 45.8 Å². The van der Waals surface area contributed by atoms with Gasteiger partial charge in [0.25, 0.3) is 11.8 Å². The normalized spacial score (nSPS) is 11.5. The van der Waals surface area contributed by atoms with Crippen molar-refractivity contribution in [1.29, 1.82) is 0 Å². The number of aryl methyl sites for hydroxylation is 4. The summed E-state index contributed by atoms with van der Waals surface area (Å²) in [7, 11) is 0. The van der Waals surface area contributed by atoms with Gasteiger partial charge in [-0.25, -0.2) is 9.97 Å². The lowest BCUT2D eigenvalue weighted by Gasteiger charge is -2.10. The molecule has 0 aliphatic carbocycles. The molecular formula is C40H48N12O4. The number of benzene rings is 2. The molecule has 0 aliphatic heterocycles. The van der Waals surface area contributed by atoms with Crippen molar-refractivity contribution in [3.8, 4) is 0 Å². The third-order valence-corrected chi connectivity index (χ3v) is 9.39. The number of fused-ring (bicyclic) bond motifs is 2. The Morgan fingerprint density at radius 1 is 0.714 bits per heavy atom. The summed E-state index contributed by atoms with van der Waals surface area (Å²) in [5.41, 5.74) is 11.5. The molecular weight excluding hydrogens is 713 g/mol. The number of unbranched alkanes of at least 4 members (excludes halogenated alkanes) is 2. The molecule has 0 bridgehead atoms. The number of amides is 4. The minimum Gasteiger partial charge on any atom is -0.366 e. The molecule has 6 aromatic rings. The van der Waals surface area contributed by atoms with Crippen LogP contribution in [0.1, 0.15) is 88.3 Å². The highest BCUT2D eigenvalue weighted by Crippen LogP contribution is 2.24. The molecule has 2 aromatic carbocycles. The molecule has 56 heavy (non-hydrogen) atoms. The lowest BCUT2D eigenvalue weighted by Crippen LogP contribution is -2.24. The Balaban J connectivity index is 1.28. The second-order valence-corrected chi connectivity index (χ2v) is 13.6. The zero-order chi connectivity index (χ0) is 39.9. The van der Waals surface area contributed by atoms with Crippen molar-refractivity contribution in [2.75, 3.05) is 17.2 Å². The van der Waals surface area contributed by atoms with Crippen molar-refractivity contribution in [2.45, 2.75) is 86.5 Å². The van der Waals surface area contributed by atoms with E-state index < -0.39 is 5.91 Å². The Hall–Kier alpha value is -6.58. The maximum atomic E-state index is 13.5. The highest BCUT2D eigenvalue weighted by molar-refractivity contribution is 6.03. The lowest BCUT2D eigenvalue weighted by atomic mass is 10.2. The average molecular weight is 761 g/mol. The van der Waals surface area contributed by atoms with Crippen molar-refractivity contribution >= 4 is 57.6 Å². The van der Waals surface area contributed by atoms with Crippen molar-refractivity contribution in [1.82, 2.24) is 44.0 Å². The Morgan fingerprint density at radius 2 is 1.30 bits per heavy atom. The molecule has 0 saturated carbocycles. The molecule has 4 amide bonds. The van der Waals surface area contributed by atoms with Crippen LogP contribution in [0.25, 0.3) is 22.1 Å². The standard InChI is InChI=1S/C40H48N12O4/c1-6-9-10-17-42-37(55)28-14-16-33-31(23-28)43-39(45-35(53)24-29-20-25(4)47-51(29)7-2)49(33)18-11-12-19-50-32-15-13-27(36(41)54)22-30(32)44-40(50)46-38(56)34-21-26(5)48-52(34)8-3/h11-16,20-23H,6-10,17-19,24H2,1-5H3,(H2,41,54)(H,42,55)(H,43,45,53)(H,44,46,56)/b12-11+. The predicted octanol–water partition coefficient (Wildman–Crippen LogP) is 5.14. The van der Waals surface area contributed by atoms with Crippen LogP contribution in [0.2, 0.25) is 0 Å². The van der Waals surface area contributed by atoms with Crippen LogP contribution in [0.5, 0.6) is 0 Å². The molecule has 0 aliphatic rings. The molecule has 0 fully saturated rings. The summed E-state index contributed by atoms with van der Waals surface area (Å²) < 4.78 is 7.12. The van der Waals surface area contributed by atoms with E-state index in [9.17, 15) is 19.2 Å². The summed E-state index contributed by atoms with van der Waals surface area (Å²) in [5.74, 6) is -0.790. The lowest BCUT2D eigenvalue weighted by molar-refractivity contribution is -0.115. The quantitative estimate of drug-likeness (QED) is 0.0723. The number of nitrogens with one attached hydrogen (secondary N) is 3. The fourth-order valence-electron chi connectivity index (χ4n) is 6.64. The number of primary amides is 1. The number of allylic oxidation sites excluding steroid dienone is 2. The van der Waals surface area contributed by atoms with Crippen LogP contribution in [0, 0.1) is 13.8 Å². The first kappa shape index (κ1) is 39.1. The summed E-state index contributed by atoms with van der Waals surface area (Å²) in [6, 6.07) is 13.9. The Labute approximate surface area is 324 Å². The topological polar surface area (TPSA) is 202 Å². The van der Waals surface area contributed by atoms with Gasteiger partial charge in [-0.15, -0.1) is 0 Å². The van der Waals surface area contributed by atoms with Crippen LogP contribution in [-0.4, -0.2) is 68.8 Å². The van der Waals surface area contributed by atoms with Crippen molar-refractivity contribution in [3.05, 3.63) is 94.6 Å². The van der Waals surface area contributed by atoms with E-state index in [4.69, 9.17) is 10.7 Å². The van der Waals surface area contributed by atoms with Gasteiger partial charge >= 0.3 is 0 Å². The minimum absolute atomic E-state index is 0.109. The second kappa shape index (κ2) is 17.3. The maximum absolute atomic E-state index is 13.5. The van der Waals surface area contributed by atoms with E-state index in [2.05, 4.69) is 38.1 Å². The molecule has 5 N–H and O–H groups in total. The number of anilines is 2. The van der Waals surface area contributed by atoms with Gasteiger partial charge in [-0.05, 0) is 82.6 Å². The summed E-state index contributed by atoms with van der Waals surface area (Å²) >= 11 is 0. The van der Waals surface area contributed by atoms with E-state index in [-0.39, 0.29) is 30.1 Å². The number of carbonyl (C=O) groups excluding carboxylic acids is 4.